The maximum absolute atomic E-state index is 11.4. The highest BCUT2D eigenvalue weighted by molar-refractivity contribution is 7.99. The third-order valence-electron chi connectivity index (χ3n) is 3.02. The third kappa shape index (κ3) is 3.05. The lowest BCUT2D eigenvalue weighted by Gasteiger charge is -2.22. The van der Waals surface area contributed by atoms with E-state index in [2.05, 4.69) is 18.2 Å². The van der Waals surface area contributed by atoms with Crippen molar-refractivity contribution in [3.8, 4) is 6.07 Å². The summed E-state index contributed by atoms with van der Waals surface area (Å²) in [5.41, 5.74) is 2.44. The van der Waals surface area contributed by atoms with Crippen LogP contribution >= 0.6 is 11.8 Å². The SMILES string of the molecule is CN(CC(=O)CC#N)c1ccc2c(c1)CCCS2. The van der Waals surface area contributed by atoms with E-state index < -0.39 is 0 Å². The van der Waals surface area contributed by atoms with Gasteiger partial charge in [-0.1, -0.05) is 0 Å². The van der Waals surface area contributed by atoms with Crippen molar-refractivity contribution >= 4 is 23.2 Å². The van der Waals surface area contributed by atoms with Crippen LogP contribution in [0.25, 0.3) is 0 Å². The van der Waals surface area contributed by atoms with Gasteiger partial charge in [-0.25, -0.2) is 0 Å². The first-order valence-corrected chi connectivity index (χ1v) is 7.05. The fourth-order valence-corrected chi connectivity index (χ4v) is 3.10. The summed E-state index contributed by atoms with van der Waals surface area (Å²) in [5, 5.41) is 8.49. The van der Waals surface area contributed by atoms with Crippen LogP contribution in [0.1, 0.15) is 18.4 Å². The monoisotopic (exact) mass is 260 g/mol. The van der Waals surface area contributed by atoms with Crippen LogP contribution in [0.15, 0.2) is 23.1 Å². The summed E-state index contributed by atoms with van der Waals surface area (Å²) in [6.45, 7) is 0.305. The van der Waals surface area contributed by atoms with Gasteiger partial charge in [0.05, 0.1) is 19.0 Å². The average molecular weight is 260 g/mol. The number of nitriles is 1. The van der Waals surface area contributed by atoms with Gasteiger partial charge in [0.25, 0.3) is 0 Å². The predicted octanol–water partition coefficient (Wildman–Crippen LogP) is 2.64. The highest BCUT2D eigenvalue weighted by Crippen LogP contribution is 2.32. The number of anilines is 1. The van der Waals surface area contributed by atoms with E-state index in [0.29, 0.717) is 6.54 Å². The Labute approximate surface area is 112 Å². The van der Waals surface area contributed by atoms with Gasteiger partial charge < -0.3 is 4.90 Å². The first-order chi connectivity index (χ1) is 8.70. The Morgan fingerprint density at radius 2 is 2.39 bits per heavy atom. The molecule has 0 saturated carbocycles. The molecule has 1 aliphatic rings. The maximum Gasteiger partial charge on any atom is 0.166 e. The van der Waals surface area contributed by atoms with Crippen LogP contribution in [0, 0.1) is 11.3 Å². The van der Waals surface area contributed by atoms with Crippen molar-refractivity contribution in [1.29, 1.82) is 5.26 Å². The van der Waals surface area contributed by atoms with Crippen LogP contribution in [-0.4, -0.2) is 25.1 Å². The topological polar surface area (TPSA) is 44.1 Å². The molecule has 0 saturated heterocycles. The van der Waals surface area contributed by atoms with Crippen LogP contribution in [0.4, 0.5) is 5.69 Å². The molecule has 4 heteroatoms. The van der Waals surface area contributed by atoms with Crippen LogP contribution in [0.2, 0.25) is 0 Å². The molecule has 2 rings (SSSR count). The second kappa shape index (κ2) is 5.92. The molecular weight excluding hydrogens is 244 g/mol. The second-order valence-corrected chi connectivity index (χ2v) is 5.61. The Hall–Kier alpha value is -1.47. The van der Waals surface area contributed by atoms with Gasteiger partial charge >= 0.3 is 0 Å². The van der Waals surface area contributed by atoms with Gasteiger partial charge in [0.15, 0.2) is 5.78 Å². The molecule has 0 atom stereocenters. The van der Waals surface area contributed by atoms with Crippen LogP contribution in [0.5, 0.6) is 0 Å². The number of ketones is 1. The van der Waals surface area contributed by atoms with Crippen molar-refractivity contribution in [2.75, 3.05) is 24.2 Å². The number of Topliss-reactive ketones (excluding diaryl/α,β-unsaturated/α-hetero) is 1. The molecule has 3 nitrogen and oxygen atoms in total. The van der Waals surface area contributed by atoms with E-state index in [1.165, 1.54) is 22.6 Å². The lowest BCUT2D eigenvalue weighted by atomic mass is 10.1. The largest absolute Gasteiger partial charge is 0.367 e. The van der Waals surface area contributed by atoms with Crippen LogP contribution in [0.3, 0.4) is 0 Å². The number of rotatable bonds is 4. The Balaban J connectivity index is 2.09. The van der Waals surface area contributed by atoms with Crippen molar-refractivity contribution in [2.24, 2.45) is 0 Å². The molecule has 0 N–H and O–H groups in total. The van der Waals surface area contributed by atoms with Gasteiger partial charge in [0, 0.05) is 17.6 Å². The molecule has 0 amide bonds. The Morgan fingerprint density at radius 3 is 3.17 bits per heavy atom. The fraction of sp³-hybridized carbons (Fsp3) is 0.429. The third-order valence-corrected chi connectivity index (χ3v) is 4.22. The summed E-state index contributed by atoms with van der Waals surface area (Å²) in [4.78, 5) is 14.7. The van der Waals surface area contributed by atoms with E-state index >= 15 is 0 Å². The van der Waals surface area contributed by atoms with Crippen molar-refractivity contribution in [3.63, 3.8) is 0 Å². The zero-order valence-corrected chi connectivity index (χ0v) is 11.3. The number of hydrogen-bond acceptors (Lipinski definition) is 4. The number of aryl methyl sites for hydroxylation is 1. The number of fused-ring (bicyclic) bond motifs is 1. The average Bonchev–Trinajstić information content (AvgIpc) is 2.38. The van der Waals surface area contributed by atoms with Crippen LogP contribution < -0.4 is 4.90 Å². The molecule has 1 aromatic rings. The molecule has 0 bridgehead atoms. The molecule has 1 aromatic carbocycles. The fourth-order valence-electron chi connectivity index (χ4n) is 2.08. The number of hydrogen-bond donors (Lipinski definition) is 0. The standard InChI is InChI=1S/C14H16N2OS/c1-16(10-13(17)6-7-15)12-4-5-14-11(9-12)3-2-8-18-14/h4-5,9H,2-3,6,8,10H2,1H3. The first kappa shape index (κ1) is 13.0. The van der Waals surface area contributed by atoms with E-state index in [9.17, 15) is 4.79 Å². The van der Waals surface area contributed by atoms with E-state index in [1.54, 1.807) is 0 Å². The zero-order chi connectivity index (χ0) is 13.0. The molecule has 94 valence electrons. The highest BCUT2D eigenvalue weighted by atomic mass is 32.2. The van der Waals surface area contributed by atoms with Crippen molar-refractivity contribution in [3.05, 3.63) is 23.8 Å². The van der Waals surface area contributed by atoms with Gasteiger partial charge in [0.2, 0.25) is 0 Å². The van der Waals surface area contributed by atoms with Crippen molar-refractivity contribution < 1.29 is 4.79 Å². The maximum atomic E-state index is 11.4. The van der Waals surface area contributed by atoms with Gasteiger partial charge in [-0.3, -0.25) is 4.79 Å². The molecular formula is C14H16N2OS. The molecule has 0 fully saturated rings. The smallest absolute Gasteiger partial charge is 0.166 e. The van der Waals surface area contributed by atoms with E-state index in [1.807, 2.05) is 29.8 Å². The zero-order valence-electron chi connectivity index (χ0n) is 10.5. The molecule has 0 aromatic heterocycles. The highest BCUT2D eigenvalue weighted by Gasteiger charge is 2.12. The minimum atomic E-state index is -0.0351. The van der Waals surface area contributed by atoms with Gasteiger partial charge in [-0.15, -0.1) is 11.8 Å². The summed E-state index contributed by atoms with van der Waals surface area (Å²) >= 11 is 1.90. The van der Waals surface area contributed by atoms with E-state index in [-0.39, 0.29) is 12.2 Å². The molecule has 0 radical (unpaired) electrons. The molecule has 0 spiro atoms. The summed E-state index contributed by atoms with van der Waals surface area (Å²) in [6, 6.07) is 8.25. The number of carbonyl (C=O) groups is 1. The number of benzene rings is 1. The minimum absolute atomic E-state index is 0.00880. The number of nitrogens with zero attached hydrogens (tertiary/aromatic N) is 2. The minimum Gasteiger partial charge on any atom is -0.367 e. The number of thioether (sulfide) groups is 1. The summed E-state index contributed by atoms with van der Waals surface area (Å²) in [7, 11) is 1.90. The molecule has 0 aliphatic carbocycles. The second-order valence-electron chi connectivity index (χ2n) is 4.47. The Morgan fingerprint density at radius 1 is 1.56 bits per heavy atom. The van der Waals surface area contributed by atoms with Crippen molar-refractivity contribution in [1.82, 2.24) is 0 Å². The quantitative estimate of drug-likeness (QED) is 0.835. The Kier molecular flexibility index (Phi) is 4.27. The molecule has 1 aliphatic heterocycles. The lowest BCUT2D eigenvalue weighted by Crippen LogP contribution is -2.25. The van der Waals surface area contributed by atoms with Crippen LogP contribution in [-0.2, 0) is 11.2 Å². The molecule has 0 unspecified atom stereocenters. The summed E-state index contributed by atoms with van der Waals surface area (Å²) in [6.07, 6.45) is 2.33. The Bertz CT molecular complexity index is 493. The molecule has 18 heavy (non-hydrogen) atoms. The van der Waals surface area contributed by atoms with Gasteiger partial charge in [-0.05, 0) is 42.4 Å². The summed E-state index contributed by atoms with van der Waals surface area (Å²) in [5.74, 6) is 1.16. The van der Waals surface area contributed by atoms with Gasteiger partial charge in [0.1, 0.15) is 0 Å². The predicted molar refractivity (Wildman–Crippen MR) is 74.0 cm³/mol. The number of carbonyl (C=O) groups excluding carboxylic acids is 1. The van der Waals surface area contributed by atoms with E-state index in [0.717, 1.165) is 12.1 Å². The first-order valence-electron chi connectivity index (χ1n) is 6.06. The lowest BCUT2D eigenvalue weighted by molar-refractivity contribution is -0.116. The van der Waals surface area contributed by atoms with Crippen molar-refractivity contribution in [2.45, 2.75) is 24.2 Å². The normalized spacial score (nSPS) is 13.6. The van der Waals surface area contributed by atoms with E-state index in [4.69, 9.17) is 5.26 Å². The summed E-state index contributed by atoms with van der Waals surface area (Å²) < 4.78 is 0. The number of likely N-dealkylation sites (N-methyl/N-ethyl adjacent to an activating group) is 1. The molecule has 1 heterocycles. The van der Waals surface area contributed by atoms with Gasteiger partial charge in [-0.2, -0.15) is 5.26 Å².